The number of rotatable bonds is 3. The van der Waals surface area contributed by atoms with Crippen molar-refractivity contribution in [1.82, 2.24) is 0 Å². The fraction of sp³-hybridized carbons (Fsp3) is 0. The molecule has 3 N–H and O–H groups in total. The van der Waals surface area contributed by atoms with Crippen molar-refractivity contribution in [2.75, 3.05) is 5.32 Å². The van der Waals surface area contributed by atoms with E-state index in [0.717, 1.165) is 9.26 Å². The number of nitrogens with two attached hydrogens (primary N) is 1. The van der Waals surface area contributed by atoms with Gasteiger partial charge in [0.25, 0.3) is 0 Å². The van der Waals surface area contributed by atoms with E-state index in [4.69, 9.17) is 23.2 Å². The average molecular weight is 329 g/mol. The van der Waals surface area contributed by atoms with Gasteiger partial charge in [0.2, 0.25) is 0 Å². The van der Waals surface area contributed by atoms with E-state index in [1.807, 2.05) is 30.3 Å². The first-order chi connectivity index (χ1) is 7.15. The first-order valence-electron chi connectivity index (χ1n) is 4.06. The maximum atomic E-state index is 8.72. The van der Waals surface area contributed by atoms with Crippen LogP contribution in [-0.4, -0.2) is 4.99 Å². The number of nitrogens with zero attached hydrogens (tertiary/aromatic N) is 1. The summed E-state index contributed by atoms with van der Waals surface area (Å²) < 4.78 is 1.06. The summed E-state index contributed by atoms with van der Waals surface area (Å²) in [5.74, 6) is 0. The molecule has 0 radical (unpaired) electrons. The molecule has 3 nitrogen and oxygen atoms in total. The third-order valence-corrected chi connectivity index (χ3v) is 2.79. The highest BCUT2D eigenvalue weighted by molar-refractivity contribution is 14.1. The van der Waals surface area contributed by atoms with Gasteiger partial charge in [-0.3, -0.25) is 0 Å². The summed E-state index contributed by atoms with van der Waals surface area (Å²) in [4.78, 5) is 0.0935. The number of hydrogen-bond acceptors (Lipinski definition) is 3. The van der Waals surface area contributed by atoms with Crippen LogP contribution in [0.5, 0.6) is 0 Å². The van der Waals surface area contributed by atoms with Gasteiger partial charge in [0.15, 0.2) is 0 Å². The Balaban J connectivity index is 2.85. The van der Waals surface area contributed by atoms with Crippen LogP contribution in [0.1, 0.15) is 0 Å². The van der Waals surface area contributed by atoms with Gasteiger partial charge in [0.1, 0.15) is 16.6 Å². The Kier molecular flexibility index (Phi) is 4.52. The lowest BCUT2D eigenvalue weighted by atomic mass is 10.3. The Bertz CT molecular complexity index is 448. The minimum Gasteiger partial charge on any atom is -0.389 e. The second-order valence-corrected chi connectivity index (χ2v) is 4.26. The molecule has 0 spiro atoms. The lowest BCUT2D eigenvalue weighted by Crippen LogP contribution is -2.11. The Morgan fingerprint density at radius 2 is 2.20 bits per heavy atom. The zero-order valence-electron chi connectivity index (χ0n) is 7.70. The number of nitrogens with one attached hydrogen (secondary N) is 1. The van der Waals surface area contributed by atoms with Crippen LogP contribution in [0.2, 0.25) is 0 Å². The lowest BCUT2D eigenvalue weighted by molar-refractivity contribution is 1.48. The van der Waals surface area contributed by atoms with Gasteiger partial charge in [-0.25, -0.2) is 0 Å². The van der Waals surface area contributed by atoms with E-state index in [-0.39, 0.29) is 10.6 Å². The van der Waals surface area contributed by atoms with Gasteiger partial charge in [-0.15, -0.1) is 0 Å². The molecule has 0 aromatic heterocycles. The second kappa shape index (κ2) is 5.68. The molecule has 0 bridgehead atoms. The molecular weight excluding hydrogens is 321 g/mol. The molecule has 76 valence electrons. The highest BCUT2D eigenvalue weighted by atomic mass is 127. The normalized spacial score (nSPS) is 10.5. The van der Waals surface area contributed by atoms with Gasteiger partial charge in [-0.1, -0.05) is 24.4 Å². The van der Waals surface area contributed by atoms with E-state index in [2.05, 4.69) is 27.9 Å². The Morgan fingerprint density at radius 1 is 1.53 bits per heavy atom. The summed E-state index contributed by atoms with van der Waals surface area (Å²) in [6.07, 6.45) is 1.51. The SMILES string of the molecule is N#C/C(=C/Nc1ccccc1I)C(N)=S. The molecule has 0 amide bonds. The van der Waals surface area contributed by atoms with Crippen molar-refractivity contribution in [3.05, 3.63) is 39.6 Å². The van der Waals surface area contributed by atoms with Gasteiger partial charge < -0.3 is 11.1 Å². The van der Waals surface area contributed by atoms with Crippen molar-refractivity contribution in [2.24, 2.45) is 5.73 Å². The topological polar surface area (TPSA) is 61.8 Å². The van der Waals surface area contributed by atoms with E-state index in [1.54, 1.807) is 0 Å². The van der Waals surface area contributed by atoms with Crippen LogP contribution >= 0.6 is 34.8 Å². The van der Waals surface area contributed by atoms with E-state index >= 15 is 0 Å². The zero-order chi connectivity index (χ0) is 11.3. The molecule has 0 heterocycles. The molecule has 0 aliphatic heterocycles. The summed E-state index contributed by atoms with van der Waals surface area (Å²) in [6, 6.07) is 9.64. The quantitative estimate of drug-likeness (QED) is 0.387. The summed E-state index contributed by atoms with van der Waals surface area (Å²) >= 11 is 6.91. The Hall–Kier alpha value is -1.13. The molecule has 0 unspecified atom stereocenters. The molecule has 5 heteroatoms. The number of halogens is 1. The van der Waals surface area contributed by atoms with Crippen molar-refractivity contribution >= 4 is 45.5 Å². The lowest BCUT2D eigenvalue weighted by Gasteiger charge is -2.03. The molecule has 0 aliphatic rings. The van der Waals surface area contributed by atoms with Gasteiger partial charge in [-0.05, 0) is 34.7 Å². The van der Waals surface area contributed by atoms with Crippen molar-refractivity contribution in [1.29, 1.82) is 5.26 Å². The fourth-order valence-corrected chi connectivity index (χ4v) is 1.53. The summed E-state index contributed by atoms with van der Waals surface area (Å²) in [5, 5.41) is 11.7. The van der Waals surface area contributed by atoms with Crippen LogP contribution in [0.4, 0.5) is 5.69 Å². The Morgan fingerprint density at radius 3 is 2.73 bits per heavy atom. The number of thiocarbonyl (C=S) groups is 1. The zero-order valence-corrected chi connectivity index (χ0v) is 10.7. The second-order valence-electron chi connectivity index (χ2n) is 2.66. The maximum absolute atomic E-state index is 8.72. The molecule has 0 aliphatic carbocycles. The Labute approximate surface area is 107 Å². The fourth-order valence-electron chi connectivity index (χ4n) is 0.887. The van der Waals surface area contributed by atoms with Crippen LogP contribution < -0.4 is 11.1 Å². The minimum atomic E-state index is 0.0935. The molecule has 0 saturated heterocycles. The smallest absolute Gasteiger partial charge is 0.116 e. The summed E-state index contributed by atoms with van der Waals surface area (Å²) in [5.41, 5.74) is 6.54. The van der Waals surface area contributed by atoms with E-state index in [9.17, 15) is 0 Å². The minimum absolute atomic E-state index is 0.0935. The summed E-state index contributed by atoms with van der Waals surface area (Å²) in [6.45, 7) is 0. The van der Waals surface area contributed by atoms with Crippen molar-refractivity contribution in [3.63, 3.8) is 0 Å². The number of nitriles is 1. The van der Waals surface area contributed by atoms with Gasteiger partial charge in [0, 0.05) is 9.77 Å². The molecule has 15 heavy (non-hydrogen) atoms. The average Bonchev–Trinajstić information content (AvgIpc) is 2.21. The highest BCUT2D eigenvalue weighted by Crippen LogP contribution is 2.17. The van der Waals surface area contributed by atoms with E-state index in [1.165, 1.54) is 6.20 Å². The monoisotopic (exact) mass is 329 g/mol. The third kappa shape index (κ3) is 3.49. The molecule has 0 saturated carbocycles. The number of hydrogen-bond donors (Lipinski definition) is 2. The van der Waals surface area contributed by atoms with Gasteiger partial charge in [0.05, 0.1) is 5.69 Å². The molecule has 1 aromatic carbocycles. The van der Waals surface area contributed by atoms with Gasteiger partial charge >= 0.3 is 0 Å². The first kappa shape index (κ1) is 11.9. The van der Waals surface area contributed by atoms with Crippen LogP contribution in [0, 0.1) is 14.9 Å². The van der Waals surface area contributed by atoms with E-state index in [0.29, 0.717) is 0 Å². The number of anilines is 1. The van der Waals surface area contributed by atoms with E-state index < -0.39 is 0 Å². The molecule has 0 fully saturated rings. The van der Waals surface area contributed by atoms with Crippen molar-refractivity contribution in [3.8, 4) is 6.07 Å². The van der Waals surface area contributed by atoms with Crippen LogP contribution in [0.15, 0.2) is 36.0 Å². The predicted octanol–water partition coefficient (Wildman–Crippen LogP) is 2.40. The van der Waals surface area contributed by atoms with Crippen LogP contribution in [0.3, 0.4) is 0 Å². The standard InChI is InChI=1S/C10H8IN3S/c11-8-3-1-2-4-9(8)14-6-7(5-12)10(13)15/h1-4,6,14H,(H2,13,15)/b7-6-. The third-order valence-electron chi connectivity index (χ3n) is 1.63. The number of benzene rings is 1. The predicted molar refractivity (Wildman–Crippen MR) is 73.3 cm³/mol. The highest BCUT2D eigenvalue weighted by Gasteiger charge is 1.99. The molecule has 1 aromatic rings. The maximum Gasteiger partial charge on any atom is 0.116 e. The van der Waals surface area contributed by atoms with Crippen LogP contribution in [-0.2, 0) is 0 Å². The van der Waals surface area contributed by atoms with Crippen LogP contribution in [0.25, 0.3) is 0 Å². The first-order valence-corrected chi connectivity index (χ1v) is 5.55. The largest absolute Gasteiger partial charge is 0.389 e. The van der Waals surface area contributed by atoms with Gasteiger partial charge in [-0.2, -0.15) is 5.26 Å². The number of para-hydroxylation sites is 1. The molecule has 1 rings (SSSR count). The summed E-state index contributed by atoms with van der Waals surface area (Å²) in [7, 11) is 0. The van der Waals surface area contributed by atoms with Crippen molar-refractivity contribution in [2.45, 2.75) is 0 Å². The molecular formula is C10H8IN3S. The molecule has 0 atom stereocenters. The van der Waals surface area contributed by atoms with Crippen molar-refractivity contribution < 1.29 is 0 Å².